The molecule has 3 aromatic heterocycles. The molecule has 0 unspecified atom stereocenters. The molecule has 170 valence electrons. The van der Waals surface area contributed by atoms with Crippen LogP contribution < -0.4 is 5.32 Å². The lowest BCUT2D eigenvalue weighted by molar-refractivity contribution is -0.113. The third kappa shape index (κ3) is 4.15. The number of ketones is 1. The van der Waals surface area contributed by atoms with E-state index in [0.29, 0.717) is 16.4 Å². The molecule has 1 aromatic carbocycles. The topological polar surface area (TPSA) is 89.2 Å². The number of Topliss-reactive ketones (excluding diaryl/α,β-unsaturated/α-hetero) is 1. The first-order chi connectivity index (χ1) is 15.9. The third-order valence-electron chi connectivity index (χ3n) is 5.88. The van der Waals surface area contributed by atoms with Gasteiger partial charge in [0.05, 0.1) is 11.1 Å². The Labute approximate surface area is 200 Å². The molecule has 0 saturated carbocycles. The van der Waals surface area contributed by atoms with Gasteiger partial charge in [0.2, 0.25) is 5.91 Å². The summed E-state index contributed by atoms with van der Waals surface area (Å²) in [6.45, 7) is 5.76. The van der Waals surface area contributed by atoms with E-state index < -0.39 is 0 Å². The second kappa shape index (κ2) is 8.87. The summed E-state index contributed by atoms with van der Waals surface area (Å²) in [4.78, 5) is 31.5. The van der Waals surface area contributed by atoms with E-state index in [-0.39, 0.29) is 23.4 Å². The van der Waals surface area contributed by atoms with Gasteiger partial charge in [-0.2, -0.15) is 0 Å². The van der Waals surface area contributed by atoms with E-state index in [4.69, 9.17) is 4.98 Å². The predicted octanol–water partition coefficient (Wildman–Crippen LogP) is 5.27. The molecule has 7 nitrogen and oxygen atoms in total. The molecule has 0 saturated heterocycles. The van der Waals surface area contributed by atoms with E-state index in [0.717, 1.165) is 34.5 Å². The van der Waals surface area contributed by atoms with Gasteiger partial charge in [-0.15, -0.1) is 21.5 Å². The van der Waals surface area contributed by atoms with Crippen molar-refractivity contribution in [3.8, 4) is 0 Å². The number of rotatable bonds is 6. The summed E-state index contributed by atoms with van der Waals surface area (Å²) >= 11 is 3.15. The summed E-state index contributed by atoms with van der Waals surface area (Å²) in [7, 11) is 0. The normalized spacial score (nSPS) is 13.6. The van der Waals surface area contributed by atoms with Gasteiger partial charge in [0.15, 0.2) is 16.6 Å². The van der Waals surface area contributed by atoms with Crippen molar-refractivity contribution in [1.29, 1.82) is 0 Å². The maximum absolute atomic E-state index is 12.6. The van der Waals surface area contributed by atoms with Crippen LogP contribution in [0.1, 0.15) is 66.2 Å². The molecular weight excluding hydrogens is 454 g/mol. The smallest absolute Gasteiger partial charge is 0.234 e. The van der Waals surface area contributed by atoms with E-state index >= 15 is 0 Å². The SMILES string of the molecule is CC(=O)c1ccc(NC(=O)CSc2nnc3c4c5c(sc4nc(C(C)C)n23)CCCC5)cc1. The summed E-state index contributed by atoms with van der Waals surface area (Å²) in [6.07, 6.45) is 4.60. The number of aromatic nitrogens is 4. The number of carbonyl (C=O) groups is 2. The largest absolute Gasteiger partial charge is 0.325 e. The molecule has 33 heavy (non-hydrogen) atoms. The van der Waals surface area contributed by atoms with Gasteiger partial charge >= 0.3 is 0 Å². The fourth-order valence-electron chi connectivity index (χ4n) is 4.25. The molecule has 0 bridgehead atoms. The van der Waals surface area contributed by atoms with Crippen LogP contribution in [0.5, 0.6) is 0 Å². The highest BCUT2D eigenvalue weighted by Crippen LogP contribution is 2.39. The Morgan fingerprint density at radius 2 is 1.91 bits per heavy atom. The molecule has 0 spiro atoms. The summed E-state index contributed by atoms with van der Waals surface area (Å²) in [5.74, 6) is 1.17. The van der Waals surface area contributed by atoms with Crippen LogP contribution in [0, 0.1) is 0 Å². The van der Waals surface area contributed by atoms with Crippen molar-refractivity contribution < 1.29 is 9.59 Å². The molecule has 1 N–H and O–H groups in total. The Kier molecular flexibility index (Phi) is 5.92. The lowest BCUT2D eigenvalue weighted by atomic mass is 9.97. The van der Waals surface area contributed by atoms with Gasteiger partial charge in [-0.05, 0) is 62.4 Å². The maximum atomic E-state index is 12.6. The number of nitrogens with zero attached hydrogens (tertiary/aromatic N) is 4. The molecule has 1 aliphatic rings. The van der Waals surface area contributed by atoms with E-state index in [1.165, 1.54) is 42.0 Å². The lowest BCUT2D eigenvalue weighted by Crippen LogP contribution is -2.14. The van der Waals surface area contributed by atoms with Gasteiger partial charge in [-0.3, -0.25) is 14.0 Å². The fraction of sp³-hybridized carbons (Fsp3) is 0.375. The fourth-order valence-corrected chi connectivity index (χ4v) is 6.25. The first kappa shape index (κ1) is 22.0. The Bertz CT molecular complexity index is 1370. The number of thiophene rings is 1. The van der Waals surface area contributed by atoms with Crippen molar-refractivity contribution in [2.24, 2.45) is 0 Å². The molecule has 1 aliphatic carbocycles. The van der Waals surface area contributed by atoms with Crippen molar-refractivity contribution in [2.45, 2.75) is 57.5 Å². The second-order valence-corrected chi connectivity index (χ2v) is 10.7. The van der Waals surface area contributed by atoms with Crippen molar-refractivity contribution in [3.63, 3.8) is 0 Å². The molecule has 0 fully saturated rings. The summed E-state index contributed by atoms with van der Waals surface area (Å²) < 4.78 is 2.04. The van der Waals surface area contributed by atoms with Crippen molar-refractivity contribution in [2.75, 3.05) is 11.1 Å². The quantitative estimate of drug-likeness (QED) is 0.299. The Balaban J connectivity index is 1.42. The summed E-state index contributed by atoms with van der Waals surface area (Å²) in [5, 5.41) is 13.7. The van der Waals surface area contributed by atoms with Crippen LogP contribution in [-0.4, -0.2) is 37.0 Å². The number of anilines is 1. The van der Waals surface area contributed by atoms with Crippen LogP contribution >= 0.6 is 23.1 Å². The van der Waals surface area contributed by atoms with Crippen LogP contribution in [0.2, 0.25) is 0 Å². The molecule has 1 amide bonds. The minimum Gasteiger partial charge on any atom is -0.325 e. The number of carbonyl (C=O) groups excluding carboxylic acids is 2. The number of thioether (sulfide) groups is 1. The predicted molar refractivity (Wildman–Crippen MR) is 133 cm³/mol. The zero-order valence-electron chi connectivity index (χ0n) is 18.8. The molecule has 3 heterocycles. The Morgan fingerprint density at radius 1 is 1.15 bits per heavy atom. The number of hydrogen-bond acceptors (Lipinski definition) is 7. The van der Waals surface area contributed by atoms with Gasteiger partial charge in [-0.1, -0.05) is 25.6 Å². The molecule has 5 rings (SSSR count). The van der Waals surface area contributed by atoms with Gasteiger partial charge in [0.25, 0.3) is 0 Å². The Morgan fingerprint density at radius 3 is 2.64 bits per heavy atom. The monoisotopic (exact) mass is 479 g/mol. The molecule has 9 heteroatoms. The zero-order valence-corrected chi connectivity index (χ0v) is 20.5. The van der Waals surface area contributed by atoms with E-state index in [1.807, 2.05) is 4.40 Å². The number of aryl methyl sites for hydroxylation is 2. The molecular formula is C24H25N5O2S2. The minimum atomic E-state index is -0.139. The minimum absolute atomic E-state index is 0.00215. The number of hydrogen-bond donors (Lipinski definition) is 1. The maximum Gasteiger partial charge on any atom is 0.234 e. The number of fused-ring (bicyclic) bond motifs is 5. The van der Waals surface area contributed by atoms with Crippen LogP contribution in [0.4, 0.5) is 5.69 Å². The van der Waals surface area contributed by atoms with Gasteiger partial charge in [0, 0.05) is 22.0 Å². The first-order valence-electron chi connectivity index (χ1n) is 11.1. The van der Waals surface area contributed by atoms with E-state index in [1.54, 1.807) is 35.6 Å². The number of amides is 1. The molecule has 0 atom stereocenters. The van der Waals surface area contributed by atoms with Crippen molar-refractivity contribution in [3.05, 3.63) is 46.1 Å². The zero-order chi connectivity index (χ0) is 23.1. The van der Waals surface area contributed by atoms with Crippen LogP contribution in [-0.2, 0) is 17.6 Å². The average molecular weight is 480 g/mol. The van der Waals surface area contributed by atoms with Gasteiger partial charge in [0.1, 0.15) is 10.7 Å². The van der Waals surface area contributed by atoms with E-state index in [9.17, 15) is 9.59 Å². The van der Waals surface area contributed by atoms with Gasteiger partial charge in [-0.25, -0.2) is 4.98 Å². The van der Waals surface area contributed by atoms with Crippen LogP contribution in [0.3, 0.4) is 0 Å². The number of benzene rings is 1. The van der Waals surface area contributed by atoms with E-state index in [2.05, 4.69) is 29.4 Å². The standard InChI is InChI=1S/C24H25N5O2S2/c1-13(2)21-26-23-20(17-6-4-5-7-18(17)33-23)22-27-28-24(29(21)22)32-12-19(31)25-16-10-8-15(9-11-16)14(3)30/h8-11,13H,4-7,12H2,1-3H3,(H,25,31). The van der Waals surface area contributed by atoms with Crippen LogP contribution in [0.25, 0.3) is 15.9 Å². The first-order valence-corrected chi connectivity index (χ1v) is 13.0. The average Bonchev–Trinajstić information content (AvgIpc) is 3.38. The van der Waals surface area contributed by atoms with Crippen LogP contribution in [0.15, 0.2) is 29.4 Å². The van der Waals surface area contributed by atoms with Crippen molar-refractivity contribution >= 4 is 56.3 Å². The van der Waals surface area contributed by atoms with Crippen molar-refractivity contribution in [1.82, 2.24) is 19.6 Å². The molecule has 0 radical (unpaired) electrons. The highest BCUT2D eigenvalue weighted by molar-refractivity contribution is 7.99. The highest BCUT2D eigenvalue weighted by Gasteiger charge is 2.24. The van der Waals surface area contributed by atoms with Gasteiger partial charge < -0.3 is 5.32 Å². The summed E-state index contributed by atoms with van der Waals surface area (Å²) in [5.41, 5.74) is 3.51. The molecule has 0 aliphatic heterocycles. The molecule has 4 aromatic rings. The second-order valence-electron chi connectivity index (χ2n) is 8.63. The number of nitrogens with one attached hydrogen (secondary N) is 1. The lowest BCUT2D eigenvalue weighted by Gasteiger charge is -2.12. The Hall–Kier alpha value is -2.78. The summed E-state index contributed by atoms with van der Waals surface area (Å²) in [6, 6.07) is 6.90. The third-order valence-corrected chi connectivity index (χ3v) is 7.99. The highest BCUT2D eigenvalue weighted by atomic mass is 32.2.